The van der Waals surface area contributed by atoms with Crippen molar-refractivity contribution in [2.24, 2.45) is 5.73 Å². The van der Waals surface area contributed by atoms with E-state index in [-0.39, 0.29) is 11.4 Å². The van der Waals surface area contributed by atoms with Gasteiger partial charge in [-0.05, 0) is 30.7 Å². The third kappa shape index (κ3) is 3.31. The first-order valence-corrected chi connectivity index (χ1v) is 8.44. The Morgan fingerprint density at radius 3 is 2.35 bits per heavy atom. The van der Waals surface area contributed by atoms with E-state index in [0.717, 1.165) is 4.47 Å². The van der Waals surface area contributed by atoms with Gasteiger partial charge in [-0.1, -0.05) is 15.9 Å². The van der Waals surface area contributed by atoms with E-state index in [0.29, 0.717) is 26.1 Å². The maximum absolute atomic E-state index is 12.5. The monoisotopic (exact) mass is 361 g/mol. The summed E-state index contributed by atoms with van der Waals surface area (Å²) >= 11 is 3.28. The second-order valence-corrected chi connectivity index (χ2v) is 7.39. The third-order valence-electron chi connectivity index (χ3n) is 3.22. The second kappa shape index (κ2) is 6.11. The molecule has 20 heavy (non-hydrogen) atoms. The number of hydrogen-bond donors (Lipinski definition) is 1. The second-order valence-electron chi connectivity index (χ2n) is 4.54. The quantitative estimate of drug-likeness (QED) is 0.859. The molecule has 1 heterocycles. The Labute approximate surface area is 126 Å². The Balaban J connectivity index is 2.18. The number of sulfonamides is 1. The van der Waals surface area contributed by atoms with Crippen LogP contribution in [0.1, 0.15) is 6.42 Å². The highest BCUT2D eigenvalue weighted by atomic mass is 79.9. The van der Waals surface area contributed by atoms with Crippen molar-refractivity contribution in [1.29, 1.82) is 0 Å². The summed E-state index contributed by atoms with van der Waals surface area (Å²) in [4.78, 5) is 12.9. The molecule has 2 amide bonds. The highest BCUT2D eigenvalue weighted by Crippen LogP contribution is 2.20. The van der Waals surface area contributed by atoms with E-state index in [1.165, 1.54) is 9.21 Å². The van der Waals surface area contributed by atoms with E-state index in [1.807, 2.05) is 0 Å². The lowest BCUT2D eigenvalue weighted by molar-refractivity contribution is 0.210. The summed E-state index contributed by atoms with van der Waals surface area (Å²) in [7, 11) is -3.52. The summed E-state index contributed by atoms with van der Waals surface area (Å²) in [6, 6.07) is 6.01. The molecule has 0 radical (unpaired) electrons. The molecule has 2 rings (SSSR count). The summed E-state index contributed by atoms with van der Waals surface area (Å²) in [5, 5.41) is 0. The average molecular weight is 362 g/mol. The normalized spacial score (nSPS) is 17.8. The van der Waals surface area contributed by atoms with E-state index in [2.05, 4.69) is 15.9 Å². The number of halogens is 1. The predicted octanol–water partition coefficient (Wildman–Crippen LogP) is 1.22. The molecule has 0 atom stereocenters. The van der Waals surface area contributed by atoms with E-state index in [9.17, 15) is 13.2 Å². The number of benzene rings is 1. The summed E-state index contributed by atoms with van der Waals surface area (Å²) in [6.45, 7) is 1.47. The van der Waals surface area contributed by atoms with E-state index >= 15 is 0 Å². The fourth-order valence-corrected chi connectivity index (χ4v) is 3.84. The van der Waals surface area contributed by atoms with Crippen molar-refractivity contribution in [3.63, 3.8) is 0 Å². The first kappa shape index (κ1) is 15.3. The lowest BCUT2D eigenvalue weighted by Crippen LogP contribution is -2.39. The standard InChI is InChI=1S/C12H16BrN3O3S/c13-10-2-4-11(5-3-10)20(18,19)16-7-1-6-15(8-9-16)12(14)17/h2-5H,1,6-9H2,(H2,14,17). The van der Waals surface area contributed by atoms with Crippen molar-refractivity contribution in [2.45, 2.75) is 11.3 Å². The fourth-order valence-electron chi connectivity index (χ4n) is 2.11. The van der Waals surface area contributed by atoms with Crippen molar-refractivity contribution in [2.75, 3.05) is 26.2 Å². The maximum Gasteiger partial charge on any atom is 0.314 e. The highest BCUT2D eigenvalue weighted by Gasteiger charge is 2.27. The van der Waals surface area contributed by atoms with E-state index in [4.69, 9.17) is 5.73 Å². The third-order valence-corrected chi connectivity index (χ3v) is 5.66. The number of rotatable bonds is 2. The van der Waals surface area contributed by atoms with Gasteiger partial charge in [-0.15, -0.1) is 0 Å². The number of carbonyl (C=O) groups is 1. The lowest BCUT2D eigenvalue weighted by Gasteiger charge is -2.20. The predicted molar refractivity (Wildman–Crippen MR) is 78.7 cm³/mol. The van der Waals surface area contributed by atoms with E-state index < -0.39 is 16.1 Å². The van der Waals surface area contributed by atoms with Crippen LogP contribution >= 0.6 is 15.9 Å². The van der Waals surface area contributed by atoms with Crippen molar-refractivity contribution >= 4 is 32.0 Å². The number of nitrogens with zero attached hydrogens (tertiary/aromatic N) is 2. The highest BCUT2D eigenvalue weighted by molar-refractivity contribution is 9.10. The van der Waals surface area contributed by atoms with Gasteiger partial charge in [0, 0.05) is 30.7 Å². The van der Waals surface area contributed by atoms with Gasteiger partial charge in [0.05, 0.1) is 4.90 Å². The molecule has 0 spiro atoms. The van der Waals surface area contributed by atoms with Crippen LogP contribution in [0.5, 0.6) is 0 Å². The Hall–Kier alpha value is -1.12. The van der Waals surface area contributed by atoms with Crippen LogP contribution in [0.2, 0.25) is 0 Å². The zero-order chi connectivity index (χ0) is 14.8. The zero-order valence-corrected chi connectivity index (χ0v) is 13.2. The Bertz CT molecular complexity index is 588. The number of hydrogen-bond acceptors (Lipinski definition) is 3. The minimum atomic E-state index is -3.52. The molecule has 1 aromatic rings. The van der Waals surface area contributed by atoms with Crippen LogP contribution in [0.25, 0.3) is 0 Å². The van der Waals surface area contributed by atoms with Gasteiger partial charge in [0.2, 0.25) is 10.0 Å². The Morgan fingerprint density at radius 1 is 1.10 bits per heavy atom. The molecule has 0 bridgehead atoms. The number of urea groups is 1. The minimum absolute atomic E-state index is 0.258. The average Bonchev–Trinajstić information content (AvgIpc) is 2.65. The minimum Gasteiger partial charge on any atom is -0.351 e. The zero-order valence-electron chi connectivity index (χ0n) is 10.8. The van der Waals surface area contributed by atoms with Crippen molar-refractivity contribution in [1.82, 2.24) is 9.21 Å². The molecule has 1 aliphatic heterocycles. The topological polar surface area (TPSA) is 83.7 Å². The van der Waals surface area contributed by atoms with Gasteiger partial charge in [0.15, 0.2) is 0 Å². The van der Waals surface area contributed by atoms with Crippen LogP contribution < -0.4 is 5.73 Å². The Kier molecular flexibility index (Phi) is 4.66. The molecule has 0 unspecified atom stereocenters. The molecule has 0 aromatic heterocycles. The van der Waals surface area contributed by atoms with Crippen molar-refractivity contribution in [3.05, 3.63) is 28.7 Å². The molecule has 8 heteroatoms. The maximum atomic E-state index is 12.5. The molecule has 0 aliphatic carbocycles. The summed E-state index contributed by atoms with van der Waals surface area (Å²) in [6.07, 6.45) is 0.582. The number of primary amides is 1. The van der Waals surface area contributed by atoms with E-state index in [1.54, 1.807) is 24.3 Å². The molecule has 2 N–H and O–H groups in total. The summed E-state index contributed by atoms with van der Waals surface area (Å²) < 4.78 is 27.2. The first-order chi connectivity index (χ1) is 9.41. The lowest BCUT2D eigenvalue weighted by atomic mass is 10.4. The molecule has 110 valence electrons. The SMILES string of the molecule is NC(=O)N1CCCN(S(=O)(=O)c2ccc(Br)cc2)CC1. The van der Waals surface area contributed by atoms with Gasteiger partial charge in [-0.3, -0.25) is 0 Å². The molecular formula is C12H16BrN3O3S. The Morgan fingerprint density at radius 2 is 1.75 bits per heavy atom. The summed E-state index contributed by atoms with van der Waals surface area (Å²) in [5.41, 5.74) is 5.23. The van der Waals surface area contributed by atoms with Crippen LogP contribution in [0.4, 0.5) is 4.79 Å². The van der Waals surface area contributed by atoms with Crippen molar-refractivity contribution in [3.8, 4) is 0 Å². The molecule has 0 saturated carbocycles. The molecular weight excluding hydrogens is 346 g/mol. The number of carbonyl (C=O) groups excluding carboxylic acids is 1. The van der Waals surface area contributed by atoms with Gasteiger partial charge < -0.3 is 10.6 Å². The molecule has 1 fully saturated rings. The summed E-state index contributed by atoms with van der Waals surface area (Å²) in [5.74, 6) is 0. The van der Waals surface area contributed by atoms with Gasteiger partial charge in [0.1, 0.15) is 0 Å². The first-order valence-electron chi connectivity index (χ1n) is 6.21. The van der Waals surface area contributed by atoms with Crippen LogP contribution in [0.15, 0.2) is 33.6 Å². The van der Waals surface area contributed by atoms with Gasteiger partial charge in [0.25, 0.3) is 0 Å². The smallest absolute Gasteiger partial charge is 0.314 e. The number of amides is 2. The van der Waals surface area contributed by atoms with Crippen molar-refractivity contribution < 1.29 is 13.2 Å². The molecule has 1 saturated heterocycles. The van der Waals surface area contributed by atoms with Crippen LogP contribution in [-0.2, 0) is 10.0 Å². The fraction of sp³-hybridized carbons (Fsp3) is 0.417. The molecule has 6 nitrogen and oxygen atoms in total. The van der Waals surface area contributed by atoms with Crippen LogP contribution in [0.3, 0.4) is 0 Å². The van der Waals surface area contributed by atoms with Gasteiger partial charge in [-0.2, -0.15) is 4.31 Å². The molecule has 1 aliphatic rings. The van der Waals surface area contributed by atoms with Crippen LogP contribution in [0, 0.1) is 0 Å². The molecule has 1 aromatic carbocycles. The van der Waals surface area contributed by atoms with Gasteiger partial charge >= 0.3 is 6.03 Å². The van der Waals surface area contributed by atoms with Gasteiger partial charge in [-0.25, -0.2) is 13.2 Å². The number of nitrogens with two attached hydrogens (primary N) is 1. The van der Waals surface area contributed by atoms with Crippen LogP contribution in [-0.4, -0.2) is 49.8 Å². The largest absolute Gasteiger partial charge is 0.351 e.